The van der Waals surface area contributed by atoms with Gasteiger partial charge >= 0.3 is 12.1 Å². The quantitative estimate of drug-likeness (QED) is 0.378. The molecule has 0 saturated heterocycles. The van der Waals surface area contributed by atoms with Crippen LogP contribution in [0.1, 0.15) is 60.6 Å². The van der Waals surface area contributed by atoms with Crippen LogP contribution in [0.3, 0.4) is 0 Å². The molecule has 0 spiro atoms. The summed E-state index contributed by atoms with van der Waals surface area (Å²) < 4.78 is 46.0. The number of rotatable bonds is 10. The Morgan fingerprint density at radius 2 is 1.97 bits per heavy atom. The van der Waals surface area contributed by atoms with Gasteiger partial charge in [0.2, 0.25) is 0 Å². The average Bonchev–Trinajstić information content (AvgIpc) is 3.21. The molecule has 0 radical (unpaired) electrons. The van der Waals surface area contributed by atoms with Crippen LogP contribution in [0, 0.1) is 6.92 Å². The van der Waals surface area contributed by atoms with Crippen LogP contribution in [0.4, 0.5) is 13.2 Å². The molecule has 1 aromatic carbocycles. The van der Waals surface area contributed by atoms with Crippen LogP contribution in [-0.4, -0.2) is 32.4 Å². The Morgan fingerprint density at radius 3 is 2.59 bits per heavy atom. The lowest BCUT2D eigenvalue weighted by atomic mass is 9.99. The van der Waals surface area contributed by atoms with Crippen molar-refractivity contribution in [2.45, 2.75) is 58.5 Å². The molecule has 0 aliphatic carbocycles. The molecular formula is C25H28F3N3O3. The molecule has 1 unspecified atom stereocenters. The van der Waals surface area contributed by atoms with Gasteiger partial charge in [0.1, 0.15) is 5.75 Å². The van der Waals surface area contributed by atoms with Crippen molar-refractivity contribution in [1.29, 1.82) is 0 Å². The standard InChI is InChI=1S/C25H28F3N3O3/c1-4-16(2)23-19(15-31(30-23)21-11-10-20(14-29-21)25(26,27)28)9-6-12-34-24-17(3)7-5-8-18(24)13-22(32)33/h5,7-8,10-11,14-16H,4,6,9,12-13H2,1-3H3,(H,32,33). The maximum atomic E-state index is 12.8. The van der Waals surface area contributed by atoms with Crippen LogP contribution in [0.5, 0.6) is 5.75 Å². The highest BCUT2D eigenvalue weighted by atomic mass is 19.4. The lowest BCUT2D eigenvalue weighted by Gasteiger charge is -2.13. The van der Waals surface area contributed by atoms with E-state index >= 15 is 0 Å². The number of para-hydroxylation sites is 1. The second kappa shape index (κ2) is 10.7. The normalized spacial score (nSPS) is 12.5. The molecule has 6 nitrogen and oxygen atoms in total. The van der Waals surface area contributed by atoms with E-state index in [-0.39, 0.29) is 12.3 Å². The second-order valence-corrected chi connectivity index (χ2v) is 8.28. The van der Waals surface area contributed by atoms with Gasteiger partial charge in [-0.25, -0.2) is 9.67 Å². The number of hydrogen-bond acceptors (Lipinski definition) is 4. The summed E-state index contributed by atoms with van der Waals surface area (Å²) in [4.78, 5) is 15.1. The van der Waals surface area contributed by atoms with E-state index < -0.39 is 17.7 Å². The number of aliphatic carboxylic acids is 1. The molecule has 0 saturated carbocycles. The molecule has 1 N–H and O–H groups in total. The Hall–Kier alpha value is -3.36. The van der Waals surface area contributed by atoms with Gasteiger partial charge in [-0.3, -0.25) is 4.79 Å². The summed E-state index contributed by atoms with van der Waals surface area (Å²) in [6.45, 7) is 6.37. The monoisotopic (exact) mass is 475 g/mol. The van der Waals surface area contributed by atoms with Gasteiger partial charge < -0.3 is 9.84 Å². The summed E-state index contributed by atoms with van der Waals surface area (Å²) in [6.07, 6.45) is 0.247. The number of carbonyl (C=O) groups is 1. The molecule has 0 aliphatic rings. The van der Waals surface area contributed by atoms with E-state index in [1.807, 2.05) is 19.1 Å². The molecular weight excluding hydrogens is 447 g/mol. The van der Waals surface area contributed by atoms with Gasteiger partial charge in [0.15, 0.2) is 5.82 Å². The number of halogens is 3. The molecule has 2 aromatic heterocycles. The summed E-state index contributed by atoms with van der Waals surface area (Å²) in [6, 6.07) is 7.74. The van der Waals surface area contributed by atoms with E-state index in [0.717, 1.165) is 35.5 Å². The predicted octanol–water partition coefficient (Wildman–Crippen LogP) is 5.75. The molecule has 182 valence electrons. The third kappa shape index (κ3) is 6.15. The number of hydrogen-bond donors (Lipinski definition) is 1. The molecule has 1 atom stereocenters. The van der Waals surface area contributed by atoms with Gasteiger partial charge in [0.05, 0.1) is 24.3 Å². The van der Waals surface area contributed by atoms with Crippen LogP contribution in [0.2, 0.25) is 0 Å². The van der Waals surface area contributed by atoms with Crippen LogP contribution in [-0.2, 0) is 23.8 Å². The van der Waals surface area contributed by atoms with Crippen molar-refractivity contribution in [3.63, 3.8) is 0 Å². The zero-order valence-electron chi connectivity index (χ0n) is 19.4. The van der Waals surface area contributed by atoms with Gasteiger partial charge in [-0.15, -0.1) is 0 Å². The fraction of sp³-hybridized carbons (Fsp3) is 0.400. The first kappa shape index (κ1) is 25.3. The molecule has 0 fully saturated rings. The maximum Gasteiger partial charge on any atom is 0.417 e. The maximum absolute atomic E-state index is 12.8. The van der Waals surface area contributed by atoms with Crippen molar-refractivity contribution in [2.75, 3.05) is 6.61 Å². The van der Waals surface area contributed by atoms with Gasteiger partial charge in [0, 0.05) is 23.9 Å². The predicted molar refractivity (Wildman–Crippen MR) is 121 cm³/mol. The number of nitrogens with zero attached hydrogens (tertiary/aromatic N) is 3. The third-order valence-corrected chi connectivity index (χ3v) is 5.68. The van der Waals surface area contributed by atoms with Crippen LogP contribution in [0.25, 0.3) is 5.82 Å². The Morgan fingerprint density at radius 1 is 1.21 bits per heavy atom. The highest BCUT2D eigenvalue weighted by molar-refractivity contribution is 5.71. The summed E-state index contributed by atoms with van der Waals surface area (Å²) in [5.41, 5.74) is 2.57. The fourth-order valence-electron chi connectivity index (χ4n) is 3.69. The number of carboxylic acid groups (broad SMARTS) is 1. The number of alkyl halides is 3. The van der Waals surface area contributed by atoms with E-state index in [0.29, 0.717) is 36.6 Å². The largest absolute Gasteiger partial charge is 0.493 e. The van der Waals surface area contributed by atoms with Crippen molar-refractivity contribution in [2.24, 2.45) is 0 Å². The van der Waals surface area contributed by atoms with Crippen molar-refractivity contribution >= 4 is 5.97 Å². The first-order valence-corrected chi connectivity index (χ1v) is 11.1. The first-order chi connectivity index (χ1) is 16.1. The van der Waals surface area contributed by atoms with Gasteiger partial charge in [0.25, 0.3) is 0 Å². The van der Waals surface area contributed by atoms with Gasteiger partial charge in [-0.1, -0.05) is 32.0 Å². The van der Waals surface area contributed by atoms with Crippen molar-refractivity contribution in [3.8, 4) is 11.6 Å². The van der Waals surface area contributed by atoms with E-state index in [4.69, 9.17) is 9.84 Å². The molecule has 2 heterocycles. The second-order valence-electron chi connectivity index (χ2n) is 8.28. The zero-order valence-corrected chi connectivity index (χ0v) is 19.4. The summed E-state index contributed by atoms with van der Waals surface area (Å²) in [5, 5.41) is 13.7. The smallest absolute Gasteiger partial charge is 0.417 e. The Balaban J connectivity index is 1.73. The minimum atomic E-state index is -4.44. The van der Waals surface area contributed by atoms with Crippen LogP contribution in [0.15, 0.2) is 42.7 Å². The molecule has 0 aliphatic heterocycles. The van der Waals surface area contributed by atoms with E-state index in [1.165, 1.54) is 10.7 Å². The van der Waals surface area contributed by atoms with Crippen LogP contribution >= 0.6 is 0 Å². The number of benzene rings is 1. The first-order valence-electron chi connectivity index (χ1n) is 11.1. The van der Waals surface area contributed by atoms with Gasteiger partial charge in [-0.05, 0) is 49.4 Å². The van der Waals surface area contributed by atoms with Crippen molar-refractivity contribution in [3.05, 3.63) is 70.7 Å². The van der Waals surface area contributed by atoms with E-state index in [9.17, 15) is 18.0 Å². The Bertz CT molecular complexity index is 1120. The highest BCUT2D eigenvalue weighted by Crippen LogP contribution is 2.29. The average molecular weight is 476 g/mol. The summed E-state index contributed by atoms with van der Waals surface area (Å²) in [5.74, 6) is 0.165. The molecule has 0 amide bonds. The number of pyridine rings is 1. The minimum Gasteiger partial charge on any atom is -0.493 e. The molecule has 34 heavy (non-hydrogen) atoms. The summed E-state index contributed by atoms with van der Waals surface area (Å²) in [7, 11) is 0. The molecule has 0 bridgehead atoms. The van der Waals surface area contributed by atoms with E-state index in [2.05, 4.69) is 23.9 Å². The zero-order chi connectivity index (χ0) is 24.9. The Kier molecular flexibility index (Phi) is 7.96. The number of carboxylic acids is 1. The molecule has 3 rings (SSSR count). The van der Waals surface area contributed by atoms with Crippen molar-refractivity contribution < 1.29 is 27.8 Å². The van der Waals surface area contributed by atoms with Crippen molar-refractivity contribution in [1.82, 2.24) is 14.8 Å². The SMILES string of the molecule is CCC(C)c1nn(-c2ccc(C(F)(F)F)cn2)cc1CCCOc1c(C)cccc1CC(=O)O. The molecule has 3 aromatic rings. The van der Waals surface area contributed by atoms with Gasteiger partial charge in [-0.2, -0.15) is 18.3 Å². The van der Waals surface area contributed by atoms with E-state index in [1.54, 1.807) is 12.3 Å². The fourth-order valence-corrected chi connectivity index (χ4v) is 3.69. The third-order valence-electron chi connectivity index (χ3n) is 5.68. The van der Waals surface area contributed by atoms with Crippen LogP contribution < -0.4 is 4.74 Å². The topological polar surface area (TPSA) is 77.2 Å². The Labute approximate surface area is 196 Å². The number of aromatic nitrogens is 3. The number of aryl methyl sites for hydroxylation is 2. The highest BCUT2D eigenvalue weighted by Gasteiger charge is 2.30. The minimum absolute atomic E-state index is 0.109. The molecule has 9 heteroatoms. The lowest BCUT2D eigenvalue weighted by molar-refractivity contribution is -0.138. The number of ether oxygens (including phenoxy) is 1. The summed E-state index contributed by atoms with van der Waals surface area (Å²) >= 11 is 0. The lowest BCUT2D eigenvalue weighted by Crippen LogP contribution is -2.07.